The molecule has 0 aliphatic carbocycles. The zero-order valence-corrected chi connectivity index (χ0v) is 16.8. The molecule has 0 saturated heterocycles. The Morgan fingerprint density at radius 2 is 1.55 bits per heavy atom. The number of rotatable bonds is 7. The van der Waals surface area contributed by atoms with E-state index in [2.05, 4.69) is 20.4 Å². The van der Waals surface area contributed by atoms with E-state index in [1.807, 2.05) is 31.2 Å². The van der Waals surface area contributed by atoms with Crippen molar-refractivity contribution in [1.29, 1.82) is 0 Å². The van der Waals surface area contributed by atoms with Gasteiger partial charge in [-0.2, -0.15) is 0 Å². The van der Waals surface area contributed by atoms with E-state index in [1.54, 1.807) is 31.2 Å². The van der Waals surface area contributed by atoms with Gasteiger partial charge in [0.05, 0.1) is 12.3 Å². The zero-order chi connectivity index (χ0) is 20.6. The van der Waals surface area contributed by atoms with Gasteiger partial charge >= 0.3 is 0 Å². The number of ether oxygens (including phenoxy) is 2. The molecule has 0 aliphatic rings. The summed E-state index contributed by atoms with van der Waals surface area (Å²) in [6.07, 6.45) is 0. The number of aromatic nitrogens is 2. The monoisotopic (exact) mass is 412 g/mol. The van der Waals surface area contributed by atoms with Crippen LogP contribution in [-0.4, -0.2) is 28.0 Å². The average molecular weight is 412 g/mol. The molecule has 0 aliphatic heterocycles. The standard InChI is InChI=1S/C20H20N4O4S/c1-3-27-16-8-10-17(11-9-16)28-12-14-4-6-15(7-5-14)19(25)22-23-20(26)18-13(2)21-24-29-18/h4-11H,3,12H2,1-2H3,(H,22,25)(H,23,26). The number of hydrogen-bond acceptors (Lipinski definition) is 7. The minimum absolute atomic E-state index is 0.354. The van der Waals surface area contributed by atoms with Crippen molar-refractivity contribution in [2.45, 2.75) is 20.5 Å². The van der Waals surface area contributed by atoms with Crippen molar-refractivity contribution < 1.29 is 19.1 Å². The van der Waals surface area contributed by atoms with Gasteiger partial charge in [-0.3, -0.25) is 20.4 Å². The van der Waals surface area contributed by atoms with Crippen molar-refractivity contribution in [3.8, 4) is 11.5 Å². The van der Waals surface area contributed by atoms with Gasteiger partial charge in [0.1, 0.15) is 23.0 Å². The van der Waals surface area contributed by atoms with E-state index in [0.29, 0.717) is 29.3 Å². The number of nitrogens with one attached hydrogen (secondary N) is 2. The molecule has 1 aromatic heterocycles. The number of hydrogen-bond donors (Lipinski definition) is 2. The van der Waals surface area contributed by atoms with Gasteiger partial charge in [-0.25, -0.2) is 0 Å². The van der Waals surface area contributed by atoms with Crippen molar-refractivity contribution in [3.05, 3.63) is 70.2 Å². The molecule has 2 aromatic carbocycles. The number of hydrazine groups is 1. The topological polar surface area (TPSA) is 102 Å². The van der Waals surface area contributed by atoms with Gasteiger partial charge in [0, 0.05) is 5.56 Å². The summed E-state index contributed by atoms with van der Waals surface area (Å²) in [4.78, 5) is 24.5. The third-order valence-electron chi connectivity index (χ3n) is 3.90. The Bertz CT molecular complexity index is 971. The van der Waals surface area contributed by atoms with Crippen LogP contribution in [0.4, 0.5) is 0 Å². The van der Waals surface area contributed by atoms with Crippen LogP contribution in [0.25, 0.3) is 0 Å². The quantitative estimate of drug-likeness (QED) is 0.579. The molecule has 2 N–H and O–H groups in total. The molecule has 29 heavy (non-hydrogen) atoms. The van der Waals surface area contributed by atoms with Crippen LogP contribution in [0.1, 0.15) is 38.2 Å². The molecular weight excluding hydrogens is 392 g/mol. The average Bonchev–Trinajstić information content (AvgIpc) is 3.18. The van der Waals surface area contributed by atoms with Crippen LogP contribution in [-0.2, 0) is 6.61 Å². The molecule has 0 spiro atoms. The summed E-state index contributed by atoms with van der Waals surface area (Å²) >= 11 is 0.968. The van der Waals surface area contributed by atoms with Crippen LogP contribution in [0.15, 0.2) is 48.5 Å². The molecule has 9 heteroatoms. The Hall–Kier alpha value is -3.46. The molecule has 0 atom stereocenters. The second-order valence-electron chi connectivity index (χ2n) is 5.99. The van der Waals surface area contributed by atoms with E-state index < -0.39 is 11.8 Å². The second-order valence-corrected chi connectivity index (χ2v) is 6.74. The molecule has 0 radical (unpaired) electrons. The molecule has 0 saturated carbocycles. The van der Waals surface area contributed by atoms with E-state index in [9.17, 15) is 9.59 Å². The molecule has 3 rings (SSSR count). The van der Waals surface area contributed by atoms with Gasteiger partial charge in [0.15, 0.2) is 0 Å². The predicted molar refractivity (Wildman–Crippen MR) is 108 cm³/mol. The van der Waals surface area contributed by atoms with Crippen molar-refractivity contribution >= 4 is 23.3 Å². The van der Waals surface area contributed by atoms with Crippen LogP contribution >= 0.6 is 11.5 Å². The number of benzene rings is 2. The normalized spacial score (nSPS) is 10.3. The fourth-order valence-corrected chi connectivity index (χ4v) is 2.95. The maximum absolute atomic E-state index is 12.2. The molecule has 150 valence electrons. The van der Waals surface area contributed by atoms with Crippen LogP contribution < -0.4 is 20.3 Å². The zero-order valence-electron chi connectivity index (χ0n) is 16.0. The van der Waals surface area contributed by atoms with E-state index in [0.717, 1.165) is 28.6 Å². The minimum atomic E-state index is -0.453. The minimum Gasteiger partial charge on any atom is -0.494 e. The number of nitrogens with zero attached hydrogens (tertiary/aromatic N) is 2. The summed E-state index contributed by atoms with van der Waals surface area (Å²) in [6.45, 7) is 4.59. The van der Waals surface area contributed by atoms with Gasteiger partial charge in [0.25, 0.3) is 11.8 Å². The highest BCUT2D eigenvalue weighted by atomic mass is 32.1. The fourth-order valence-electron chi connectivity index (χ4n) is 2.40. The van der Waals surface area contributed by atoms with Gasteiger partial charge in [-0.15, -0.1) is 5.10 Å². The summed E-state index contributed by atoms with van der Waals surface area (Å²) in [7, 11) is 0. The number of aryl methyl sites for hydroxylation is 1. The van der Waals surface area contributed by atoms with E-state index >= 15 is 0 Å². The molecule has 8 nitrogen and oxygen atoms in total. The Balaban J connectivity index is 1.49. The first-order valence-corrected chi connectivity index (χ1v) is 9.68. The molecule has 0 fully saturated rings. The first-order valence-electron chi connectivity index (χ1n) is 8.91. The predicted octanol–water partition coefficient (Wildman–Crippen LogP) is 2.90. The third kappa shape index (κ3) is 5.52. The summed E-state index contributed by atoms with van der Waals surface area (Å²) in [6, 6.07) is 14.3. The lowest BCUT2D eigenvalue weighted by Crippen LogP contribution is -2.41. The Kier molecular flexibility index (Phi) is 6.75. The SMILES string of the molecule is CCOc1ccc(OCc2ccc(C(=O)NNC(=O)c3snnc3C)cc2)cc1. The smallest absolute Gasteiger partial charge is 0.283 e. The van der Waals surface area contributed by atoms with Crippen LogP contribution in [0.2, 0.25) is 0 Å². The van der Waals surface area contributed by atoms with Crippen LogP contribution in [0.5, 0.6) is 11.5 Å². The first-order chi connectivity index (χ1) is 14.1. The summed E-state index contributed by atoms with van der Waals surface area (Å²) in [5, 5.41) is 3.76. The number of carbonyl (C=O) groups excluding carboxylic acids is 2. The largest absolute Gasteiger partial charge is 0.494 e. The van der Waals surface area contributed by atoms with Gasteiger partial charge < -0.3 is 9.47 Å². The first kappa shape index (κ1) is 20.3. The molecule has 1 heterocycles. The van der Waals surface area contributed by atoms with Crippen LogP contribution in [0.3, 0.4) is 0 Å². The highest BCUT2D eigenvalue weighted by molar-refractivity contribution is 7.07. The van der Waals surface area contributed by atoms with Crippen molar-refractivity contribution in [2.75, 3.05) is 6.61 Å². The van der Waals surface area contributed by atoms with Crippen molar-refractivity contribution in [1.82, 2.24) is 20.4 Å². The number of amides is 2. The highest BCUT2D eigenvalue weighted by Gasteiger charge is 2.14. The summed E-state index contributed by atoms with van der Waals surface area (Å²) < 4.78 is 14.8. The fraction of sp³-hybridized carbons (Fsp3) is 0.200. The Labute approximate surface area is 172 Å². The van der Waals surface area contributed by atoms with Gasteiger partial charge in [-0.05, 0) is 67.3 Å². The van der Waals surface area contributed by atoms with E-state index in [-0.39, 0.29) is 0 Å². The van der Waals surface area contributed by atoms with Gasteiger partial charge in [0.2, 0.25) is 0 Å². The molecule has 2 amide bonds. The third-order valence-corrected chi connectivity index (χ3v) is 4.73. The van der Waals surface area contributed by atoms with Crippen molar-refractivity contribution in [2.24, 2.45) is 0 Å². The second kappa shape index (κ2) is 9.65. The molecular formula is C20H20N4O4S. The molecule has 0 bridgehead atoms. The summed E-state index contributed by atoms with van der Waals surface area (Å²) in [5.74, 6) is 0.647. The van der Waals surface area contributed by atoms with Gasteiger partial charge in [-0.1, -0.05) is 16.6 Å². The Morgan fingerprint density at radius 3 is 2.14 bits per heavy atom. The Morgan fingerprint density at radius 1 is 0.931 bits per heavy atom. The van der Waals surface area contributed by atoms with E-state index in [4.69, 9.17) is 9.47 Å². The van der Waals surface area contributed by atoms with Crippen molar-refractivity contribution in [3.63, 3.8) is 0 Å². The molecule has 3 aromatic rings. The summed E-state index contributed by atoms with van der Waals surface area (Å²) in [5.41, 5.74) is 6.56. The maximum Gasteiger partial charge on any atom is 0.283 e. The lowest BCUT2D eigenvalue weighted by molar-refractivity contribution is 0.0848. The number of carbonyl (C=O) groups is 2. The maximum atomic E-state index is 12.2. The van der Waals surface area contributed by atoms with E-state index in [1.165, 1.54) is 0 Å². The lowest BCUT2D eigenvalue weighted by atomic mass is 10.1. The molecule has 0 unspecified atom stereocenters. The van der Waals surface area contributed by atoms with Crippen LogP contribution in [0, 0.1) is 6.92 Å². The highest BCUT2D eigenvalue weighted by Crippen LogP contribution is 2.18. The lowest BCUT2D eigenvalue weighted by Gasteiger charge is -2.09.